The Morgan fingerprint density at radius 3 is 2.47 bits per heavy atom. The zero-order chi connectivity index (χ0) is 20.9. The van der Waals surface area contributed by atoms with Crippen molar-refractivity contribution in [1.29, 1.82) is 0 Å². The molecule has 4 aromatic rings. The summed E-state index contributed by atoms with van der Waals surface area (Å²) in [4.78, 5) is 12.3. The highest BCUT2D eigenvalue weighted by atomic mass is 16.5. The van der Waals surface area contributed by atoms with Crippen LogP contribution in [0.1, 0.15) is 34.4 Å². The zero-order valence-electron chi connectivity index (χ0n) is 16.9. The van der Waals surface area contributed by atoms with Crippen molar-refractivity contribution in [2.45, 2.75) is 20.5 Å². The molecule has 0 spiro atoms. The number of aryl methyl sites for hydroxylation is 1. The maximum Gasteiger partial charge on any atom is 0.271 e. The molecule has 0 radical (unpaired) electrons. The van der Waals surface area contributed by atoms with E-state index in [4.69, 9.17) is 9.15 Å². The minimum atomic E-state index is -0.278. The lowest BCUT2D eigenvalue weighted by molar-refractivity contribution is 0.0954. The van der Waals surface area contributed by atoms with Gasteiger partial charge in [0.25, 0.3) is 5.91 Å². The largest absolute Gasteiger partial charge is 0.489 e. The van der Waals surface area contributed by atoms with Crippen LogP contribution < -0.4 is 10.2 Å². The van der Waals surface area contributed by atoms with E-state index in [1.165, 1.54) is 5.39 Å². The molecule has 150 valence electrons. The molecule has 0 unspecified atom stereocenters. The molecular formula is C25H22N2O3. The highest BCUT2D eigenvalue weighted by Gasteiger charge is 2.07. The third kappa shape index (κ3) is 4.58. The number of amides is 1. The van der Waals surface area contributed by atoms with Gasteiger partial charge in [-0.1, -0.05) is 42.5 Å². The predicted molar refractivity (Wildman–Crippen MR) is 118 cm³/mol. The van der Waals surface area contributed by atoms with Crippen LogP contribution in [0.3, 0.4) is 0 Å². The number of carbonyl (C=O) groups is 1. The number of nitrogens with one attached hydrogen (secondary N) is 1. The summed E-state index contributed by atoms with van der Waals surface area (Å²) in [6, 6.07) is 25.2. The molecule has 30 heavy (non-hydrogen) atoms. The monoisotopic (exact) mass is 398 g/mol. The second-order valence-corrected chi connectivity index (χ2v) is 7.04. The zero-order valence-corrected chi connectivity index (χ0v) is 16.9. The molecule has 0 aliphatic heterocycles. The molecule has 0 saturated carbocycles. The van der Waals surface area contributed by atoms with Gasteiger partial charge in [-0.05, 0) is 66.6 Å². The van der Waals surface area contributed by atoms with E-state index in [1.807, 2.05) is 61.5 Å². The van der Waals surface area contributed by atoms with Crippen LogP contribution in [0.15, 0.2) is 88.4 Å². The number of carbonyl (C=O) groups excluding carboxylic acids is 1. The molecule has 0 fully saturated rings. The number of hydrazone groups is 1. The van der Waals surface area contributed by atoms with Crippen molar-refractivity contribution in [3.05, 3.63) is 102 Å². The number of hydrogen-bond acceptors (Lipinski definition) is 4. The van der Waals surface area contributed by atoms with Crippen molar-refractivity contribution in [2.75, 3.05) is 0 Å². The minimum Gasteiger partial charge on any atom is -0.489 e. The van der Waals surface area contributed by atoms with E-state index in [1.54, 1.807) is 19.1 Å². The lowest BCUT2D eigenvalue weighted by Crippen LogP contribution is -2.19. The molecule has 1 amide bonds. The van der Waals surface area contributed by atoms with Crippen LogP contribution in [0.4, 0.5) is 0 Å². The van der Waals surface area contributed by atoms with Gasteiger partial charge in [-0.2, -0.15) is 5.10 Å². The molecule has 0 atom stereocenters. The van der Waals surface area contributed by atoms with Crippen LogP contribution in [0.2, 0.25) is 0 Å². The van der Waals surface area contributed by atoms with Gasteiger partial charge in [0.1, 0.15) is 29.6 Å². The summed E-state index contributed by atoms with van der Waals surface area (Å²) < 4.78 is 11.4. The summed E-state index contributed by atoms with van der Waals surface area (Å²) >= 11 is 0. The first kappa shape index (κ1) is 19.5. The Labute approximate surface area is 175 Å². The molecular weight excluding hydrogens is 376 g/mol. The van der Waals surface area contributed by atoms with E-state index in [2.05, 4.69) is 22.7 Å². The summed E-state index contributed by atoms with van der Waals surface area (Å²) in [6.07, 6.45) is 0. The van der Waals surface area contributed by atoms with E-state index >= 15 is 0 Å². The Morgan fingerprint density at radius 2 is 1.73 bits per heavy atom. The van der Waals surface area contributed by atoms with Gasteiger partial charge in [0, 0.05) is 5.56 Å². The van der Waals surface area contributed by atoms with Crippen molar-refractivity contribution in [3.8, 4) is 5.75 Å². The lowest BCUT2D eigenvalue weighted by atomic mass is 10.1. The van der Waals surface area contributed by atoms with Gasteiger partial charge in [0.05, 0.1) is 0 Å². The van der Waals surface area contributed by atoms with Gasteiger partial charge in [-0.3, -0.25) is 4.79 Å². The number of nitrogens with zero attached hydrogens (tertiary/aromatic N) is 1. The Balaban J connectivity index is 1.35. The van der Waals surface area contributed by atoms with Crippen LogP contribution in [0.5, 0.6) is 5.75 Å². The maximum absolute atomic E-state index is 12.3. The molecule has 3 aromatic carbocycles. The first-order valence-corrected chi connectivity index (χ1v) is 9.70. The van der Waals surface area contributed by atoms with E-state index in [0.29, 0.717) is 23.6 Å². The third-order valence-electron chi connectivity index (χ3n) is 4.76. The number of furan rings is 1. The fourth-order valence-electron chi connectivity index (χ4n) is 3.06. The van der Waals surface area contributed by atoms with Crippen LogP contribution in [-0.2, 0) is 6.61 Å². The van der Waals surface area contributed by atoms with Gasteiger partial charge >= 0.3 is 0 Å². The molecule has 1 aromatic heterocycles. The lowest BCUT2D eigenvalue weighted by Gasteiger charge is -2.08. The van der Waals surface area contributed by atoms with Crippen LogP contribution >= 0.6 is 0 Å². The Bertz CT molecular complexity index is 1210. The maximum atomic E-state index is 12.3. The predicted octanol–water partition coefficient (Wildman–Crippen LogP) is 5.47. The fourth-order valence-corrected chi connectivity index (χ4v) is 3.06. The highest BCUT2D eigenvalue weighted by molar-refractivity contribution is 5.99. The smallest absolute Gasteiger partial charge is 0.271 e. The topological polar surface area (TPSA) is 63.8 Å². The van der Waals surface area contributed by atoms with E-state index in [9.17, 15) is 4.79 Å². The molecule has 0 saturated heterocycles. The van der Waals surface area contributed by atoms with Gasteiger partial charge < -0.3 is 9.15 Å². The average molecular weight is 398 g/mol. The summed E-state index contributed by atoms with van der Waals surface area (Å²) in [5, 5.41) is 6.43. The van der Waals surface area contributed by atoms with E-state index in [-0.39, 0.29) is 5.91 Å². The Kier molecular flexibility index (Phi) is 5.61. The second-order valence-electron chi connectivity index (χ2n) is 7.04. The normalized spacial score (nSPS) is 11.5. The Morgan fingerprint density at radius 1 is 0.967 bits per heavy atom. The summed E-state index contributed by atoms with van der Waals surface area (Å²) in [7, 11) is 0. The number of ether oxygens (including phenoxy) is 1. The molecule has 1 heterocycles. The van der Waals surface area contributed by atoms with Gasteiger partial charge in [0.15, 0.2) is 0 Å². The van der Waals surface area contributed by atoms with Crippen molar-refractivity contribution >= 4 is 22.4 Å². The minimum absolute atomic E-state index is 0.278. The number of hydrogen-bond donors (Lipinski definition) is 1. The molecule has 4 rings (SSSR count). The number of benzene rings is 3. The third-order valence-corrected chi connectivity index (χ3v) is 4.76. The summed E-state index contributed by atoms with van der Waals surface area (Å²) in [6.45, 7) is 4.07. The van der Waals surface area contributed by atoms with Crippen LogP contribution in [0.25, 0.3) is 10.8 Å². The van der Waals surface area contributed by atoms with Crippen molar-refractivity contribution in [3.63, 3.8) is 0 Å². The molecule has 0 aliphatic rings. The first-order chi connectivity index (χ1) is 14.6. The highest BCUT2D eigenvalue weighted by Crippen LogP contribution is 2.21. The number of rotatable bonds is 6. The van der Waals surface area contributed by atoms with E-state index in [0.717, 1.165) is 22.5 Å². The Hall–Kier alpha value is -3.86. The molecule has 1 N–H and O–H groups in total. The molecule has 0 bridgehead atoms. The van der Waals surface area contributed by atoms with Crippen molar-refractivity contribution < 1.29 is 13.9 Å². The quantitative estimate of drug-likeness (QED) is 0.346. The fraction of sp³-hybridized carbons (Fsp3) is 0.120. The van der Waals surface area contributed by atoms with Crippen LogP contribution in [-0.4, -0.2) is 11.6 Å². The van der Waals surface area contributed by atoms with Gasteiger partial charge in [-0.25, -0.2) is 5.43 Å². The molecule has 5 nitrogen and oxygen atoms in total. The SMILES string of the molecule is C/C(=N/NC(=O)c1ccc(COc2ccc3ccccc3c2)cc1)c1ccc(C)o1. The summed E-state index contributed by atoms with van der Waals surface area (Å²) in [5.74, 6) is 1.97. The van der Waals surface area contributed by atoms with Crippen LogP contribution in [0, 0.1) is 6.92 Å². The van der Waals surface area contributed by atoms with Gasteiger partial charge in [0.2, 0.25) is 0 Å². The second kappa shape index (κ2) is 8.66. The molecule has 0 aliphatic carbocycles. The number of fused-ring (bicyclic) bond motifs is 1. The molecule has 5 heteroatoms. The average Bonchev–Trinajstić information content (AvgIpc) is 3.22. The summed E-state index contributed by atoms with van der Waals surface area (Å²) in [5.41, 5.74) is 4.67. The standard InChI is InChI=1S/C25H22N2O3/c1-17-7-14-24(30-17)18(2)26-27-25(28)21-10-8-19(9-11-21)16-29-23-13-12-20-5-3-4-6-22(20)15-23/h3-15H,16H2,1-2H3,(H,27,28)/b26-18-. The van der Waals surface area contributed by atoms with Crippen molar-refractivity contribution in [2.24, 2.45) is 5.10 Å². The first-order valence-electron chi connectivity index (χ1n) is 9.70. The van der Waals surface area contributed by atoms with Gasteiger partial charge in [-0.15, -0.1) is 0 Å². The van der Waals surface area contributed by atoms with E-state index < -0.39 is 0 Å². The van der Waals surface area contributed by atoms with Crippen molar-refractivity contribution in [1.82, 2.24) is 5.43 Å².